The predicted octanol–water partition coefficient (Wildman–Crippen LogP) is 1.19. The maximum absolute atomic E-state index is 12.4. The van der Waals surface area contributed by atoms with Gasteiger partial charge >= 0.3 is 6.03 Å². The average Bonchev–Trinajstić information content (AvgIpc) is 2.97. The Morgan fingerprint density at radius 3 is 2.32 bits per heavy atom. The second-order valence-corrected chi connectivity index (χ2v) is 6.97. The fraction of sp³-hybridized carbons (Fsp3) is 0.867. The summed E-state index contributed by atoms with van der Waals surface area (Å²) in [7, 11) is 0. The van der Waals surface area contributed by atoms with Crippen molar-refractivity contribution in [2.45, 2.75) is 45.1 Å². The number of carbonyl (C=O) groups is 2. The van der Waals surface area contributed by atoms with E-state index >= 15 is 0 Å². The van der Waals surface area contributed by atoms with Gasteiger partial charge in [-0.2, -0.15) is 0 Å². The molecule has 3 amide bonds. The smallest absolute Gasteiger partial charge is 0.320 e. The molecule has 0 saturated carbocycles. The molecule has 2 saturated heterocycles. The number of carbonyl (C=O) groups excluding carboxylic acids is 2. The van der Waals surface area contributed by atoms with Crippen molar-refractivity contribution in [1.82, 2.24) is 15.1 Å². The third-order valence-corrected chi connectivity index (χ3v) is 4.16. The molecule has 0 aliphatic carbocycles. The zero-order chi connectivity index (χ0) is 15.5. The molecule has 2 fully saturated rings. The molecule has 2 heterocycles. The van der Waals surface area contributed by atoms with Crippen molar-refractivity contribution in [3.63, 3.8) is 0 Å². The molecule has 6 nitrogen and oxygen atoms in total. The van der Waals surface area contributed by atoms with Gasteiger partial charge in [-0.25, -0.2) is 4.79 Å². The van der Waals surface area contributed by atoms with Crippen LogP contribution in [0.4, 0.5) is 4.79 Å². The quantitative estimate of drug-likeness (QED) is 0.814. The molecule has 7 heteroatoms. The van der Waals surface area contributed by atoms with Gasteiger partial charge in [0.15, 0.2) is 0 Å². The highest BCUT2D eigenvalue weighted by Gasteiger charge is 2.31. The number of hydrogen-bond donors (Lipinski definition) is 2. The molecule has 128 valence electrons. The summed E-state index contributed by atoms with van der Waals surface area (Å²) in [5.41, 5.74) is 5.48. The van der Waals surface area contributed by atoms with Gasteiger partial charge < -0.3 is 20.9 Å². The minimum Gasteiger partial charge on any atom is -0.354 e. The van der Waals surface area contributed by atoms with Crippen molar-refractivity contribution >= 4 is 24.3 Å². The van der Waals surface area contributed by atoms with E-state index in [9.17, 15) is 9.59 Å². The number of nitrogens with zero attached hydrogens (tertiary/aromatic N) is 2. The molecule has 1 atom stereocenters. The Morgan fingerprint density at radius 1 is 1.14 bits per heavy atom. The molecule has 0 aromatic carbocycles. The van der Waals surface area contributed by atoms with E-state index in [0.29, 0.717) is 13.1 Å². The highest BCUT2D eigenvalue weighted by Crippen LogP contribution is 2.20. The highest BCUT2D eigenvalue weighted by molar-refractivity contribution is 5.85. The summed E-state index contributed by atoms with van der Waals surface area (Å²) < 4.78 is 0. The number of rotatable bonds is 3. The van der Waals surface area contributed by atoms with Crippen molar-refractivity contribution in [3.05, 3.63) is 0 Å². The highest BCUT2D eigenvalue weighted by atomic mass is 35.5. The van der Waals surface area contributed by atoms with Gasteiger partial charge in [-0.15, -0.1) is 12.4 Å². The lowest BCUT2D eigenvalue weighted by atomic mass is 9.97. The molecule has 0 bridgehead atoms. The topological polar surface area (TPSA) is 78.7 Å². The average molecular weight is 333 g/mol. The minimum atomic E-state index is -0.407. The molecule has 1 unspecified atom stereocenters. The van der Waals surface area contributed by atoms with E-state index in [4.69, 9.17) is 5.73 Å². The van der Waals surface area contributed by atoms with E-state index in [1.54, 1.807) is 0 Å². The Kier molecular flexibility index (Phi) is 6.94. The fourth-order valence-electron chi connectivity index (χ4n) is 2.93. The van der Waals surface area contributed by atoms with Crippen molar-refractivity contribution in [2.24, 2.45) is 11.7 Å². The monoisotopic (exact) mass is 332 g/mol. The number of urea groups is 1. The number of likely N-dealkylation sites (tertiary alicyclic amines) is 2. The molecule has 0 radical (unpaired) electrons. The van der Waals surface area contributed by atoms with E-state index in [2.05, 4.69) is 5.32 Å². The van der Waals surface area contributed by atoms with E-state index in [1.165, 1.54) is 0 Å². The van der Waals surface area contributed by atoms with Crippen LogP contribution in [0, 0.1) is 5.92 Å². The number of piperidine rings is 1. The van der Waals surface area contributed by atoms with Crippen LogP contribution in [0.25, 0.3) is 0 Å². The van der Waals surface area contributed by atoms with Crippen LogP contribution in [0.1, 0.15) is 39.5 Å². The second-order valence-electron chi connectivity index (χ2n) is 6.97. The van der Waals surface area contributed by atoms with Crippen LogP contribution in [0.5, 0.6) is 0 Å². The lowest BCUT2D eigenvalue weighted by molar-refractivity contribution is -0.126. The summed E-state index contributed by atoms with van der Waals surface area (Å²) in [4.78, 5) is 28.3. The van der Waals surface area contributed by atoms with E-state index in [0.717, 1.165) is 45.3 Å². The first-order valence-electron chi connectivity index (χ1n) is 7.97. The van der Waals surface area contributed by atoms with Crippen LogP contribution in [0.3, 0.4) is 0 Å². The van der Waals surface area contributed by atoms with Gasteiger partial charge in [0.1, 0.15) is 0 Å². The summed E-state index contributed by atoms with van der Waals surface area (Å²) >= 11 is 0. The molecule has 0 aromatic rings. The van der Waals surface area contributed by atoms with Crippen molar-refractivity contribution in [1.29, 1.82) is 0 Å². The molecule has 2 aliphatic heterocycles. The first-order chi connectivity index (χ1) is 9.87. The van der Waals surface area contributed by atoms with Gasteiger partial charge in [-0.05, 0) is 39.5 Å². The summed E-state index contributed by atoms with van der Waals surface area (Å²) in [5.74, 6) is -0.0832. The van der Waals surface area contributed by atoms with Crippen LogP contribution in [0.2, 0.25) is 0 Å². The zero-order valence-electron chi connectivity index (χ0n) is 13.6. The fourth-order valence-corrected chi connectivity index (χ4v) is 2.93. The SMILES string of the molecule is CC(C)(N)CNC(=O)C1CCCN(C(=O)N2CCCC2)C1.Cl. The number of halogens is 1. The third kappa shape index (κ3) is 5.32. The summed E-state index contributed by atoms with van der Waals surface area (Å²) in [6.07, 6.45) is 3.93. The molecule has 3 N–H and O–H groups in total. The zero-order valence-corrected chi connectivity index (χ0v) is 14.5. The minimum absolute atomic E-state index is 0. The lowest BCUT2D eigenvalue weighted by Crippen LogP contribution is -2.52. The van der Waals surface area contributed by atoms with Crippen LogP contribution in [-0.2, 0) is 4.79 Å². The maximum atomic E-state index is 12.4. The molecular formula is C15H29ClN4O2. The van der Waals surface area contributed by atoms with Gasteiger partial charge in [0, 0.05) is 38.3 Å². The standard InChI is InChI=1S/C15H28N4O2.ClH/c1-15(2,16)11-17-13(20)12-6-5-9-19(10-12)14(21)18-7-3-4-8-18;/h12H,3-11,16H2,1-2H3,(H,17,20);1H. The van der Waals surface area contributed by atoms with Gasteiger partial charge in [0.2, 0.25) is 5.91 Å². The number of hydrogen-bond acceptors (Lipinski definition) is 3. The number of nitrogens with two attached hydrogens (primary N) is 1. The van der Waals surface area contributed by atoms with Crippen LogP contribution in [-0.4, -0.2) is 60.0 Å². The largest absolute Gasteiger partial charge is 0.354 e. The third-order valence-electron chi connectivity index (χ3n) is 4.16. The van der Waals surface area contributed by atoms with Crippen molar-refractivity contribution in [3.8, 4) is 0 Å². The van der Waals surface area contributed by atoms with E-state index < -0.39 is 5.54 Å². The molecule has 2 aliphatic rings. The summed E-state index contributed by atoms with van der Waals surface area (Å²) in [5, 5.41) is 2.91. The Hall–Kier alpha value is -1.01. The number of amides is 3. The molecule has 22 heavy (non-hydrogen) atoms. The Balaban J connectivity index is 0.00000242. The molecular weight excluding hydrogens is 304 g/mol. The predicted molar refractivity (Wildman–Crippen MR) is 89.0 cm³/mol. The first-order valence-corrected chi connectivity index (χ1v) is 7.97. The van der Waals surface area contributed by atoms with Crippen LogP contribution < -0.4 is 11.1 Å². The summed E-state index contributed by atoms with van der Waals surface area (Å²) in [6.45, 7) is 7.24. The maximum Gasteiger partial charge on any atom is 0.320 e. The Bertz CT molecular complexity index is 391. The van der Waals surface area contributed by atoms with Crippen molar-refractivity contribution < 1.29 is 9.59 Å². The number of nitrogens with one attached hydrogen (secondary N) is 1. The molecule has 0 aromatic heterocycles. The van der Waals surface area contributed by atoms with Gasteiger partial charge in [-0.1, -0.05) is 0 Å². The van der Waals surface area contributed by atoms with Crippen LogP contribution in [0.15, 0.2) is 0 Å². The van der Waals surface area contributed by atoms with Gasteiger partial charge in [0.25, 0.3) is 0 Å². The lowest BCUT2D eigenvalue weighted by Gasteiger charge is -2.35. The molecule has 0 spiro atoms. The second kappa shape index (κ2) is 8.02. The van der Waals surface area contributed by atoms with Gasteiger partial charge in [-0.3, -0.25) is 4.79 Å². The first kappa shape index (κ1) is 19.0. The van der Waals surface area contributed by atoms with E-state index in [1.807, 2.05) is 23.6 Å². The van der Waals surface area contributed by atoms with E-state index in [-0.39, 0.29) is 30.3 Å². The van der Waals surface area contributed by atoms with Crippen molar-refractivity contribution in [2.75, 3.05) is 32.7 Å². The normalized spacial score (nSPS) is 22.2. The Morgan fingerprint density at radius 2 is 1.73 bits per heavy atom. The van der Waals surface area contributed by atoms with Crippen LogP contribution >= 0.6 is 12.4 Å². The summed E-state index contributed by atoms with van der Waals surface area (Å²) in [6, 6.07) is 0.101. The van der Waals surface area contributed by atoms with Gasteiger partial charge in [0.05, 0.1) is 5.92 Å². The molecule has 2 rings (SSSR count). The Labute approximate surface area is 139 Å².